The zero-order valence-corrected chi connectivity index (χ0v) is 19.3. The van der Waals surface area contributed by atoms with E-state index in [1.165, 1.54) is 20.5 Å². The lowest BCUT2D eigenvalue weighted by Gasteiger charge is -2.33. The molecule has 1 aliphatic heterocycles. The lowest BCUT2D eigenvalue weighted by atomic mass is 10.3. The molecule has 0 N–H and O–H groups in total. The van der Waals surface area contributed by atoms with E-state index in [0.29, 0.717) is 10.7 Å². The van der Waals surface area contributed by atoms with Gasteiger partial charge in [0, 0.05) is 37.8 Å². The first-order chi connectivity index (χ1) is 15.9. The number of nitrogens with zero attached hydrogens (tertiary/aromatic N) is 4. The van der Waals surface area contributed by atoms with Crippen LogP contribution in [0.5, 0.6) is 0 Å². The molecule has 0 radical (unpaired) electrons. The van der Waals surface area contributed by atoms with E-state index in [1.807, 2.05) is 18.2 Å². The van der Waals surface area contributed by atoms with Gasteiger partial charge in [-0.25, -0.2) is 13.4 Å². The fourth-order valence-corrected chi connectivity index (χ4v) is 5.59. The predicted molar refractivity (Wildman–Crippen MR) is 122 cm³/mol. The normalized spacial score (nSPS) is 14.7. The number of esters is 1. The lowest BCUT2D eigenvalue weighted by molar-refractivity contribution is -0.152. The largest absolute Gasteiger partial charge is 0.455 e. The van der Waals surface area contributed by atoms with E-state index in [2.05, 4.69) is 9.97 Å². The minimum Gasteiger partial charge on any atom is -0.455 e. The first kappa shape index (κ1) is 23.0. The molecule has 172 valence electrons. The smallest absolute Gasteiger partial charge is 0.312 e. The van der Waals surface area contributed by atoms with Crippen LogP contribution in [0.25, 0.3) is 10.7 Å². The Balaban J connectivity index is 1.24. The van der Waals surface area contributed by atoms with Crippen molar-refractivity contribution in [3.8, 4) is 10.7 Å². The second kappa shape index (κ2) is 10.2. The minimum atomic E-state index is -3.59. The van der Waals surface area contributed by atoms with E-state index in [4.69, 9.17) is 4.74 Å². The van der Waals surface area contributed by atoms with Crippen LogP contribution in [-0.2, 0) is 30.8 Å². The molecule has 1 fully saturated rings. The van der Waals surface area contributed by atoms with Gasteiger partial charge in [-0.3, -0.25) is 14.6 Å². The molecule has 1 saturated heterocycles. The van der Waals surface area contributed by atoms with Crippen molar-refractivity contribution in [2.45, 2.75) is 11.3 Å². The van der Waals surface area contributed by atoms with E-state index in [1.54, 1.807) is 41.9 Å². The standard InChI is InChI=1S/C22H22N4O5S2/c27-20(25-10-12-26(13-11-25)33(29,30)18-6-2-1-3-7-18)15-31-21(28)14-17-16-32-22(24-17)19-8-4-5-9-23-19/h1-9,16H,10-15H2. The quantitative estimate of drug-likeness (QED) is 0.469. The summed E-state index contributed by atoms with van der Waals surface area (Å²) in [6.45, 7) is 0.462. The van der Waals surface area contributed by atoms with E-state index in [9.17, 15) is 18.0 Å². The molecule has 4 rings (SSSR count). The van der Waals surface area contributed by atoms with Gasteiger partial charge in [-0.1, -0.05) is 24.3 Å². The molecular weight excluding hydrogens is 464 g/mol. The van der Waals surface area contributed by atoms with E-state index >= 15 is 0 Å². The summed E-state index contributed by atoms with van der Waals surface area (Å²) in [6, 6.07) is 13.7. The van der Waals surface area contributed by atoms with Crippen LogP contribution in [0.1, 0.15) is 5.69 Å². The highest BCUT2D eigenvalue weighted by molar-refractivity contribution is 7.89. The number of pyridine rings is 1. The third kappa shape index (κ3) is 5.62. The topological polar surface area (TPSA) is 110 Å². The van der Waals surface area contributed by atoms with Gasteiger partial charge in [0.25, 0.3) is 5.91 Å². The van der Waals surface area contributed by atoms with Crippen LogP contribution < -0.4 is 0 Å². The summed E-state index contributed by atoms with van der Waals surface area (Å²) >= 11 is 1.38. The number of carbonyl (C=O) groups is 2. The monoisotopic (exact) mass is 486 g/mol. The summed E-state index contributed by atoms with van der Waals surface area (Å²) in [6.07, 6.45) is 1.63. The Bertz CT molecular complexity index is 1210. The summed E-state index contributed by atoms with van der Waals surface area (Å²) in [5, 5.41) is 2.47. The molecule has 9 nitrogen and oxygen atoms in total. The average Bonchev–Trinajstić information content (AvgIpc) is 3.32. The molecule has 0 spiro atoms. The number of benzene rings is 1. The Morgan fingerprint density at radius 2 is 1.73 bits per heavy atom. The highest BCUT2D eigenvalue weighted by atomic mass is 32.2. The van der Waals surface area contributed by atoms with Gasteiger partial charge in [0.2, 0.25) is 10.0 Å². The molecule has 1 aromatic carbocycles. The molecule has 0 unspecified atom stereocenters. The van der Waals surface area contributed by atoms with Crippen LogP contribution in [0.2, 0.25) is 0 Å². The molecule has 11 heteroatoms. The molecule has 1 amide bonds. The Morgan fingerprint density at radius 1 is 1.00 bits per heavy atom. The van der Waals surface area contributed by atoms with Gasteiger partial charge in [0.1, 0.15) is 5.01 Å². The summed E-state index contributed by atoms with van der Waals surface area (Å²) in [7, 11) is -3.59. The number of ether oxygens (including phenoxy) is 1. The maximum atomic E-state index is 12.7. The predicted octanol–water partition coefficient (Wildman–Crippen LogP) is 1.82. The van der Waals surface area contributed by atoms with Crippen LogP contribution in [0.3, 0.4) is 0 Å². The summed E-state index contributed by atoms with van der Waals surface area (Å²) in [5.74, 6) is -0.904. The summed E-state index contributed by atoms with van der Waals surface area (Å²) in [4.78, 5) is 34.9. The maximum Gasteiger partial charge on any atom is 0.312 e. The first-order valence-corrected chi connectivity index (χ1v) is 12.6. The molecule has 0 aliphatic carbocycles. The number of piperazine rings is 1. The highest BCUT2D eigenvalue weighted by Crippen LogP contribution is 2.22. The molecule has 0 saturated carbocycles. The van der Waals surface area contributed by atoms with Crippen LogP contribution in [0.15, 0.2) is 65.0 Å². The number of hydrogen-bond donors (Lipinski definition) is 0. The number of amides is 1. The SMILES string of the molecule is O=C(Cc1csc(-c2ccccn2)n1)OCC(=O)N1CCN(S(=O)(=O)c2ccccc2)CC1. The zero-order valence-electron chi connectivity index (χ0n) is 17.7. The molecule has 1 aliphatic rings. The fourth-order valence-electron chi connectivity index (χ4n) is 3.35. The molecule has 0 bridgehead atoms. The number of aromatic nitrogens is 2. The second-order valence-corrected chi connectivity index (χ2v) is 10.1. The van der Waals surface area contributed by atoms with Gasteiger partial charge in [-0.2, -0.15) is 4.31 Å². The summed E-state index contributed by atoms with van der Waals surface area (Å²) < 4.78 is 31.9. The van der Waals surface area contributed by atoms with Crippen molar-refractivity contribution in [3.05, 3.63) is 65.8 Å². The molecule has 0 atom stereocenters. The van der Waals surface area contributed by atoms with Crippen molar-refractivity contribution in [1.29, 1.82) is 0 Å². The minimum absolute atomic E-state index is 0.0420. The van der Waals surface area contributed by atoms with Gasteiger partial charge in [-0.15, -0.1) is 11.3 Å². The van der Waals surface area contributed by atoms with Gasteiger partial charge in [-0.05, 0) is 24.3 Å². The Hall–Kier alpha value is -3.15. The Labute approximate surface area is 195 Å². The van der Waals surface area contributed by atoms with Crippen molar-refractivity contribution in [2.75, 3.05) is 32.8 Å². The van der Waals surface area contributed by atoms with Crippen LogP contribution in [-0.4, -0.2) is 72.3 Å². The highest BCUT2D eigenvalue weighted by Gasteiger charge is 2.30. The molecule has 3 heterocycles. The van der Waals surface area contributed by atoms with Gasteiger partial charge in [0.15, 0.2) is 6.61 Å². The van der Waals surface area contributed by atoms with E-state index in [0.717, 1.165) is 5.69 Å². The Kier molecular flexibility index (Phi) is 7.11. The van der Waals surface area contributed by atoms with E-state index < -0.39 is 16.0 Å². The lowest BCUT2D eigenvalue weighted by Crippen LogP contribution is -2.51. The summed E-state index contributed by atoms with van der Waals surface area (Å²) in [5.41, 5.74) is 1.28. The van der Waals surface area contributed by atoms with Gasteiger partial charge >= 0.3 is 5.97 Å². The number of carbonyl (C=O) groups excluding carboxylic acids is 2. The number of rotatable bonds is 7. The maximum absolute atomic E-state index is 12.7. The number of thiazole rings is 1. The van der Waals surface area contributed by atoms with Crippen molar-refractivity contribution in [3.63, 3.8) is 0 Å². The second-order valence-electron chi connectivity index (χ2n) is 7.29. The molecule has 33 heavy (non-hydrogen) atoms. The first-order valence-electron chi connectivity index (χ1n) is 10.3. The Morgan fingerprint density at radius 3 is 2.42 bits per heavy atom. The van der Waals surface area contributed by atoms with Crippen molar-refractivity contribution >= 4 is 33.2 Å². The molecule has 2 aromatic heterocycles. The third-order valence-electron chi connectivity index (χ3n) is 5.09. The van der Waals surface area contributed by atoms with Gasteiger partial charge in [0.05, 0.1) is 22.7 Å². The molecular formula is C22H22N4O5S2. The fraction of sp³-hybridized carbons (Fsp3) is 0.273. The van der Waals surface area contributed by atoms with E-state index in [-0.39, 0.29) is 50.0 Å². The van der Waals surface area contributed by atoms with Crippen LogP contribution >= 0.6 is 11.3 Å². The number of sulfonamides is 1. The zero-order chi connectivity index (χ0) is 23.3. The van der Waals surface area contributed by atoms with Crippen molar-refractivity contribution in [2.24, 2.45) is 0 Å². The number of hydrogen-bond acceptors (Lipinski definition) is 8. The van der Waals surface area contributed by atoms with Crippen LogP contribution in [0, 0.1) is 0 Å². The van der Waals surface area contributed by atoms with Crippen molar-refractivity contribution < 1.29 is 22.7 Å². The average molecular weight is 487 g/mol. The molecule has 3 aromatic rings. The van der Waals surface area contributed by atoms with Gasteiger partial charge < -0.3 is 9.64 Å². The van der Waals surface area contributed by atoms with Crippen molar-refractivity contribution in [1.82, 2.24) is 19.2 Å². The third-order valence-corrected chi connectivity index (χ3v) is 7.92. The van der Waals surface area contributed by atoms with Crippen LogP contribution in [0.4, 0.5) is 0 Å².